The van der Waals surface area contributed by atoms with Crippen molar-refractivity contribution < 1.29 is 14.3 Å². The molecule has 2 aromatic rings. The quantitative estimate of drug-likeness (QED) is 0.390. The molecule has 0 aliphatic carbocycles. The maximum atomic E-state index is 12.7. The molecule has 0 saturated carbocycles. The molecular formula is C18H12BrCl2N3O3S2. The first-order valence-corrected chi connectivity index (χ1v) is 10.7. The molecule has 3 amide bonds. The first kappa shape index (κ1) is 21.9. The van der Waals surface area contributed by atoms with Crippen LogP contribution in [0.15, 0.2) is 45.8 Å². The Bertz CT molecular complexity index is 1050. The van der Waals surface area contributed by atoms with E-state index < -0.39 is 11.9 Å². The molecule has 3 rings (SSSR count). The van der Waals surface area contributed by atoms with Crippen LogP contribution >= 0.6 is 63.1 Å². The zero-order chi connectivity index (χ0) is 21.1. The molecule has 150 valence electrons. The lowest BCUT2D eigenvalue weighted by molar-refractivity contribution is -0.123. The van der Waals surface area contributed by atoms with Crippen LogP contribution in [-0.2, 0) is 4.79 Å². The summed E-state index contributed by atoms with van der Waals surface area (Å²) in [4.78, 5) is 25.3. The Hall–Kier alpha value is -1.78. The highest BCUT2D eigenvalue weighted by molar-refractivity contribution is 9.10. The number of carbonyl (C=O) groups is 2. The number of rotatable bonds is 4. The highest BCUT2D eigenvalue weighted by Gasteiger charge is 2.34. The number of halogens is 3. The SMILES string of the molecule is COc1ccc(Br)cc1/C=C1/SC(=S)N(NC(=O)Nc2ccc(Cl)c(Cl)c2)C1=O. The van der Waals surface area contributed by atoms with E-state index in [9.17, 15) is 9.59 Å². The van der Waals surface area contributed by atoms with E-state index in [4.69, 9.17) is 40.2 Å². The number of nitrogens with one attached hydrogen (secondary N) is 2. The third-order valence-corrected chi connectivity index (χ3v) is 6.20. The minimum atomic E-state index is -0.652. The predicted molar refractivity (Wildman–Crippen MR) is 124 cm³/mol. The van der Waals surface area contributed by atoms with Gasteiger partial charge < -0.3 is 10.1 Å². The molecule has 1 aliphatic heterocycles. The van der Waals surface area contributed by atoms with Crippen LogP contribution in [0.25, 0.3) is 6.08 Å². The van der Waals surface area contributed by atoms with Crippen molar-refractivity contribution in [1.82, 2.24) is 10.4 Å². The van der Waals surface area contributed by atoms with Crippen LogP contribution < -0.4 is 15.5 Å². The lowest BCUT2D eigenvalue weighted by atomic mass is 10.2. The van der Waals surface area contributed by atoms with Crippen LogP contribution in [0.3, 0.4) is 0 Å². The number of hydrogen-bond donors (Lipinski definition) is 2. The summed E-state index contributed by atoms with van der Waals surface area (Å²) in [6.07, 6.45) is 1.65. The predicted octanol–water partition coefficient (Wildman–Crippen LogP) is 5.70. The summed E-state index contributed by atoms with van der Waals surface area (Å²) >= 11 is 21.5. The van der Waals surface area contributed by atoms with E-state index in [1.165, 1.54) is 6.07 Å². The Morgan fingerprint density at radius 1 is 1.24 bits per heavy atom. The topological polar surface area (TPSA) is 70.7 Å². The summed E-state index contributed by atoms with van der Waals surface area (Å²) in [6.45, 7) is 0. The largest absolute Gasteiger partial charge is 0.496 e. The van der Waals surface area contributed by atoms with Crippen LogP contribution in [0.5, 0.6) is 5.75 Å². The van der Waals surface area contributed by atoms with Crippen molar-refractivity contribution in [3.8, 4) is 5.75 Å². The van der Waals surface area contributed by atoms with E-state index >= 15 is 0 Å². The van der Waals surface area contributed by atoms with Crippen molar-refractivity contribution in [2.24, 2.45) is 0 Å². The zero-order valence-corrected chi connectivity index (χ0v) is 19.4. The minimum absolute atomic E-state index is 0.194. The van der Waals surface area contributed by atoms with Gasteiger partial charge in [-0.25, -0.2) is 10.2 Å². The van der Waals surface area contributed by atoms with Crippen molar-refractivity contribution in [3.63, 3.8) is 0 Å². The maximum Gasteiger partial charge on any atom is 0.338 e. The van der Waals surface area contributed by atoms with E-state index in [0.29, 0.717) is 32.0 Å². The molecule has 1 fully saturated rings. The summed E-state index contributed by atoms with van der Waals surface area (Å²) in [6, 6.07) is 9.39. The lowest BCUT2D eigenvalue weighted by Gasteiger charge is -2.16. The van der Waals surface area contributed by atoms with Crippen molar-refractivity contribution in [3.05, 3.63) is 61.4 Å². The Morgan fingerprint density at radius 3 is 2.69 bits per heavy atom. The second-order valence-electron chi connectivity index (χ2n) is 5.60. The van der Waals surface area contributed by atoms with Gasteiger partial charge in [-0.3, -0.25) is 4.79 Å². The van der Waals surface area contributed by atoms with E-state index in [-0.39, 0.29) is 4.32 Å². The Labute approximate surface area is 194 Å². The second kappa shape index (κ2) is 9.36. The molecular weight excluding hydrogens is 521 g/mol. The van der Waals surface area contributed by atoms with Gasteiger partial charge in [0.2, 0.25) is 0 Å². The number of thiocarbonyl (C=S) groups is 1. The van der Waals surface area contributed by atoms with Gasteiger partial charge in [0.1, 0.15) is 5.75 Å². The van der Waals surface area contributed by atoms with Gasteiger partial charge in [-0.05, 0) is 54.7 Å². The Morgan fingerprint density at radius 2 is 2.00 bits per heavy atom. The number of anilines is 1. The molecule has 0 unspecified atom stereocenters. The number of carbonyl (C=O) groups excluding carboxylic acids is 2. The van der Waals surface area contributed by atoms with Gasteiger partial charge in [-0.2, -0.15) is 5.01 Å². The third-order valence-electron chi connectivity index (χ3n) is 3.66. The normalized spacial score (nSPS) is 15.0. The number of nitrogens with zero attached hydrogens (tertiary/aromatic N) is 1. The van der Waals surface area contributed by atoms with Crippen LogP contribution in [0.1, 0.15) is 5.56 Å². The Balaban J connectivity index is 1.74. The number of thioether (sulfide) groups is 1. The minimum Gasteiger partial charge on any atom is -0.496 e. The van der Waals surface area contributed by atoms with E-state index in [1.54, 1.807) is 31.4 Å². The molecule has 1 aliphatic rings. The molecule has 0 spiro atoms. The van der Waals surface area contributed by atoms with E-state index in [2.05, 4.69) is 26.7 Å². The van der Waals surface area contributed by atoms with Crippen molar-refractivity contribution in [2.45, 2.75) is 0 Å². The zero-order valence-electron chi connectivity index (χ0n) is 14.7. The van der Waals surface area contributed by atoms with Crippen molar-refractivity contribution >= 4 is 91.1 Å². The van der Waals surface area contributed by atoms with Crippen LogP contribution in [-0.4, -0.2) is 28.4 Å². The Kier molecular flexibility index (Phi) is 7.07. The average Bonchev–Trinajstić information content (AvgIpc) is 2.92. The average molecular weight is 533 g/mol. The molecule has 6 nitrogen and oxygen atoms in total. The summed E-state index contributed by atoms with van der Waals surface area (Å²) < 4.78 is 6.34. The van der Waals surface area contributed by atoms with Gasteiger partial charge in [-0.15, -0.1) is 0 Å². The molecule has 0 atom stereocenters. The van der Waals surface area contributed by atoms with Crippen molar-refractivity contribution in [2.75, 3.05) is 12.4 Å². The van der Waals surface area contributed by atoms with Gasteiger partial charge in [0.25, 0.3) is 5.91 Å². The molecule has 11 heteroatoms. The third kappa shape index (κ3) is 5.23. The van der Waals surface area contributed by atoms with Gasteiger partial charge in [-0.1, -0.05) is 50.9 Å². The molecule has 1 saturated heterocycles. The van der Waals surface area contributed by atoms with E-state index in [0.717, 1.165) is 21.2 Å². The lowest BCUT2D eigenvalue weighted by Crippen LogP contribution is -2.46. The first-order chi connectivity index (χ1) is 13.8. The monoisotopic (exact) mass is 531 g/mol. The highest BCUT2D eigenvalue weighted by atomic mass is 79.9. The number of hydrogen-bond acceptors (Lipinski definition) is 5. The van der Waals surface area contributed by atoms with Gasteiger partial charge in [0.05, 0.1) is 22.1 Å². The standard InChI is InChI=1S/C18H12BrCl2N3O3S2/c1-27-14-5-2-10(19)6-9(14)7-15-16(25)24(18(28)29-15)23-17(26)22-11-3-4-12(20)13(21)8-11/h2-8H,1H3,(H2,22,23,26)/b15-7+. The van der Waals surface area contributed by atoms with E-state index in [1.807, 2.05) is 12.1 Å². The molecule has 0 bridgehead atoms. The molecule has 2 aromatic carbocycles. The summed E-state index contributed by atoms with van der Waals surface area (Å²) in [5, 5.41) is 4.23. The van der Waals surface area contributed by atoms with Gasteiger partial charge in [0.15, 0.2) is 4.32 Å². The fraction of sp³-hybridized carbons (Fsp3) is 0.0556. The number of urea groups is 1. The molecule has 0 aromatic heterocycles. The molecule has 2 N–H and O–H groups in total. The number of methoxy groups -OCH3 is 1. The molecule has 1 heterocycles. The van der Waals surface area contributed by atoms with Gasteiger partial charge in [0, 0.05) is 15.7 Å². The summed E-state index contributed by atoms with van der Waals surface area (Å²) in [5.41, 5.74) is 3.54. The fourth-order valence-corrected chi connectivity index (χ4v) is 4.21. The van der Waals surface area contributed by atoms with Crippen molar-refractivity contribution in [1.29, 1.82) is 0 Å². The highest BCUT2D eigenvalue weighted by Crippen LogP contribution is 2.34. The smallest absolute Gasteiger partial charge is 0.338 e. The summed E-state index contributed by atoms with van der Waals surface area (Å²) in [7, 11) is 1.54. The van der Waals surface area contributed by atoms with Crippen LogP contribution in [0, 0.1) is 0 Å². The van der Waals surface area contributed by atoms with Crippen LogP contribution in [0.2, 0.25) is 10.0 Å². The fourth-order valence-electron chi connectivity index (χ4n) is 2.36. The molecule has 29 heavy (non-hydrogen) atoms. The van der Waals surface area contributed by atoms with Crippen LogP contribution in [0.4, 0.5) is 10.5 Å². The summed E-state index contributed by atoms with van der Waals surface area (Å²) in [5.74, 6) is 0.148. The number of ether oxygens (including phenoxy) is 1. The number of amides is 3. The second-order valence-corrected chi connectivity index (χ2v) is 9.00. The number of hydrazine groups is 1. The number of benzene rings is 2. The molecule has 0 radical (unpaired) electrons. The van der Waals surface area contributed by atoms with Gasteiger partial charge >= 0.3 is 6.03 Å². The first-order valence-electron chi connectivity index (χ1n) is 7.92. The maximum absolute atomic E-state index is 12.7.